The number of rotatable bonds is 5. The Morgan fingerprint density at radius 2 is 1.22 bits per heavy atom. The van der Waals surface area contributed by atoms with Crippen LogP contribution in [0, 0.1) is 5.82 Å². The largest absolute Gasteiger partial charge is 0.297 e. The lowest BCUT2D eigenvalue weighted by molar-refractivity contribution is 0.122. The third-order valence-electron chi connectivity index (χ3n) is 4.35. The maximum absolute atomic E-state index is 12.9. The van der Waals surface area contributed by atoms with Gasteiger partial charge in [0.2, 0.25) is 0 Å². The molecule has 1 aliphatic rings. The standard InChI is InChI=1S/C19H23FN2S/c1-23-19-8-4-17(5-9-19)15-22-12-10-21(11-13-22)14-16-2-6-18(20)7-3-16/h2-9H,10-15H2,1H3. The molecule has 2 aromatic rings. The molecule has 2 nitrogen and oxygen atoms in total. The van der Waals surface area contributed by atoms with Gasteiger partial charge in [-0.05, 0) is 41.6 Å². The van der Waals surface area contributed by atoms with Crippen LogP contribution in [0.3, 0.4) is 0 Å². The van der Waals surface area contributed by atoms with Gasteiger partial charge < -0.3 is 0 Å². The van der Waals surface area contributed by atoms with Gasteiger partial charge in [-0.25, -0.2) is 4.39 Å². The van der Waals surface area contributed by atoms with Crippen molar-refractivity contribution < 1.29 is 4.39 Å². The van der Waals surface area contributed by atoms with E-state index < -0.39 is 0 Å². The van der Waals surface area contributed by atoms with Crippen molar-refractivity contribution in [2.24, 2.45) is 0 Å². The Labute approximate surface area is 142 Å². The van der Waals surface area contributed by atoms with E-state index in [9.17, 15) is 4.39 Å². The normalized spacial score (nSPS) is 16.6. The molecular weight excluding hydrogens is 307 g/mol. The lowest BCUT2D eigenvalue weighted by Gasteiger charge is -2.34. The van der Waals surface area contributed by atoms with Crippen molar-refractivity contribution in [3.63, 3.8) is 0 Å². The summed E-state index contributed by atoms with van der Waals surface area (Å²) in [6.07, 6.45) is 2.11. The molecule has 2 aromatic carbocycles. The second kappa shape index (κ2) is 7.95. The minimum Gasteiger partial charge on any atom is -0.297 e. The first-order valence-electron chi connectivity index (χ1n) is 8.05. The summed E-state index contributed by atoms with van der Waals surface area (Å²) in [4.78, 5) is 6.27. The van der Waals surface area contributed by atoms with Crippen molar-refractivity contribution in [1.29, 1.82) is 0 Å². The van der Waals surface area contributed by atoms with E-state index in [1.807, 2.05) is 12.1 Å². The van der Waals surface area contributed by atoms with Gasteiger partial charge in [-0.1, -0.05) is 24.3 Å². The summed E-state index contributed by atoms with van der Waals surface area (Å²) in [7, 11) is 0. The predicted octanol–water partition coefficient (Wildman–Crippen LogP) is 3.87. The topological polar surface area (TPSA) is 6.48 Å². The van der Waals surface area contributed by atoms with Gasteiger partial charge in [-0.2, -0.15) is 0 Å². The zero-order chi connectivity index (χ0) is 16.1. The van der Waals surface area contributed by atoms with Crippen LogP contribution in [0.4, 0.5) is 4.39 Å². The van der Waals surface area contributed by atoms with Gasteiger partial charge >= 0.3 is 0 Å². The average molecular weight is 330 g/mol. The zero-order valence-corrected chi connectivity index (χ0v) is 14.4. The van der Waals surface area contributed by atoms with Crippen molar-refractivity contribution in [2.75, 3.05) is 32.4 Å². The van der Waals surface area contributed by atoms with E-state index in [0.717, 1.165) is 39.3 Å². The average Bonchev–Trinajstić information content (AvgIpc) is 2.59. The summed E-state index contributed by atoms with van der Waals surface area (Å²) >= 11 is 1.78. The van der Waals surface area contributed by atoms with Crippen molar-refractivity contribution in [3.05, 3.63) is 65.5 Å². The number of nitrogens with zero attached hydrogens (tertiary/aromatic N) is 2. The molecule has 0 saturated carbocycles. The van der Waals surface area contributed by atoms with Crippen LogP contribution in [0.5, 0.6) is 0 Å². The summed E-state index contributed by atoms with van der Waals surface area (Å²) in [6, 6.07) is 15.7. The molecule has 0 radical (unpaired) electrons. The van der Waals surface area contributed by atoms with Crippen molar-refractivity contribution in [2.45, 2.75) is 18.0 Å². The SMILES string of the molecule is CSc1ccc(CN2CCN(Cc3ccc(F)cc3)CC2)cc1. The van der Waals surface area contributed by atoms with E-state index in [2.05, 4.69) is 40.3 Å². The fraction of sp³-hybridized carbons (Fsp3) is 0.368. The number of hydrogen-bond acceptors (Lipinski definition) is 3. The molecule has 4 heteroatoms. The Morgan fingerprint density at radius 1 is 0.783 bits per heavy atom. The van der Waals surface area contributed by atoms with Gasteiger partial charge in [-0.3, -0.25) is 9.80 Å². The lowest BCUT2D eigenvalue weighted by Crippen LogP contribution is -2.45. The molecule has 0 unspecified atom stereocenters. The molecular formula is C19H23FN2S. The van der Waals surface area contributed by atoms with Gasteiger partial charge in [0.05, 0.1) is 0 Å². The third kappa shape index (κ3) is 4.80. The summed E-state index contributed by atoms with van der Waals surface area (Å²) < 4.78 is 12.9. The highest BCUT2D eigenvalue weighted by molar-refractivity contribution is 7.98. The molecule has 1 heterocycles. The van der Waals surface area contributed by atoms with E-state index in [4.69, 9.17) is 0 Å². The molecule has 1 aliphatic heterocycles. The molecule has 0 bridgehead atoms. The molecule has 0 aliphatic carbocycles. The second-order valence-corrected chi connectivity index (χ2v) is 6.91. The molecule has 122 valence electrons. The van der Waals surface area contributed by atoms with E-state index in [1.54, 1.807) is 23.9 Å². The van der Waals surface area contributed by atoms with Crippen LogP contribution in [0.25, 0.3) is 0 Å². The van der Waals surface area contributed by atoms with E-state index >= 15 is 0 Å². The summed E-state index contributed by atoms with van der Waals surface area (Å²) in [5.74, 6) is -0.161. The van der Waals surface area contributed by atoms with Crippen LogP contribution in [0.15, 0.2) is 53.4 Å². The molecule has 0 N–H and O–H groups in total. The first kappa shape index (κ1) is 16.5. The van der Waals surface area contributed by atoms with Crippen LogP contribution in [0.2, 0.25) is 0 Å². The van der Waals surface area contributed by atoms with Crippen LogP contribution < -0.4 is 0 Å². The Kier molecular flexibility index (Phi) is 5.70. The van der Waals surface area contributed by atoms with Crippen LogP contribution in [-0.2, 0) is 13.1 Å². The molecule has 23 heavy (non-hydrogen) atoms. The molecule has 3 rings (SSSR count). The summed E-state index contributed by atoms with van der Waals surface area (Å²) in [6.45, 7) is 6.26. The fourth-order valence-corrected chi connectivity index (χ4v) is 3.35. The zero-order valence-electron chi connectivity index (χ0n) is 13.5. The first-order chi connectivity index (χ1) is 11.2. The van der Waals surface area contributed by atoms with Gasteiger partial charge in [0, 0.05) is 44.2 Å². The summed E-state index contributed by atoms with van der Waals surface area (Å²) in [5, 5.41) is 0. The minimum atomic E-state index is -0.161. The van der Waals surface area contributed by atoms with E-state index in [-0.39, 0.29) is 5.82 Å². The molecule has 1 fully saturated rings. The van der Waals surface area contributed by atoms with Crippen molar-refractivity contribution >= 4 is 11.8 Å². The minimum absolute atomic E-state index is 0.161. The Bertz CT molecular complexity index is 604. The number of halogens is 1. The van der Waals surface area contributed by atoms with Gasteiger partial charge in [0.15, 0.2) is 0 Å². The molecule has 0 spiro atoms. The molecule has 1 saturated heterocycles. The number of hydrogen-bond donors (Lipinski definition) is 0. The quantitative estimate of drug-likeness (QED) is 0.769. The first-order valence-corrected chi connectivity index (χ1v) is 9.27. The Balaban J connectivity index is 1.47. The van der Waals surface area contributed by atoms with Gasteiger partial charge in [0.1, 0.15) is 5.82 Å². The maximum Gasteiger partial charge on any atom is 0.123 e. The smallest absolute Gasteiger partial charge is 0.123 e. The van der Waals surface area contributed by atoms with Crippen LogP contribution in [0.1, 0.15) is 11.1 Å². The van der Waals surface area contributed by atoms with Crippen molar-refractivity contribution in [1.82, 2.24) is 9.80 Å². The highest BCUT2D eigenvalue weighted by atomic mass is 32.2. The van der Waals surface area contributed by atoms with E-state index in [0.29, 0.717) is 0 Å². The number of piperazine rings is 1. The van der Waals surface area contributed by atoms with Crippen molar-refractivity contribution in [3.8, 4) is 0 Å². The number of benzene rings is 2. The predicted molar refractivity (Wildman–Crippen MR) is 95.2 cm³/mol. The van der Waals surface area contributed by atoms with Crippen LogP contribution >= 0.6 is 11.8 Å². The Morgan fingerprint density at radius 3 is 1.65 bits per heavy atom. The number of thioether (sulfide) groups is 1. The summed E-state index contributed by atoms with van der Waals surface area (Å²) in [5.41, 5.74) is 2.57. The maximum atomic E-state index is 12.9. The monoisotopic (exact) mass is 330 g/mol. The molecule has 0 atom stereocenters. The van der Waals surface area contributed by atoms with Gasteiger partial charge in [0.25, 0.3) is 0 Å². The third-order valence-corrected chi connectivity index (χ3v) is 5.09. The fourth-order valence-electron chi connectivity index (χ4n) is 2.94. The highest BCUT2D eigenvalue weighted by Crippen LogP contribution is 2.17. The van der Waals surface area contributed by atoms with Gasteiger partial charge in [-0.15, -0.1) is 11.8 Å². The molecule has 0 aromatic heterocycles. The highest BCUT2D eigenvalue weighted by Gasteiger charge is 2.17. The van der Waals surface area contributed by atoms with E-state index in [1.165, 1.54) is 16.0 Å². The molecule has 0 amide bonds. The second-order valence-electron chi connectivity index (χ2n) is 6.03. The lowest BCUT2D eigenvalue weighted by atomic mass is 10.1. The Hall–Kier alpha value is -1.36. The van der Waals surface area contributed by atoms with Crippen LogP contribution in [-0.4, -0.2) is 42.2 Å².